The molecule has 4 heteroatoms. The Morgan fingerprint density at radius 3 is 2.44 bits per heavy atom. The van der Waals surface area contributed by atoms with E-state index in [0.29, 0.717) is 0 Å². The Bertz CT molecular complexity index is 359. The van der Waals surface area contributed by atoms with Crippen molar-refractivity contribution in [2.75, 3.05) is 20.1 Å². The first kappa shape index (κ1) is 12.2. The molecule has 1 aromatic heterocycles. The average molecular weight is 248 g/mol. The quantitative estimate of drug-likeness (QED) is 0.805. The molecule has 4 nitrogen and oxygen atoms in total. The van der Waals surface area contributed by atoms with E-state index in [0.717, 1.165) is 5.92 Å². The summed E-state index contributed by atoms with van der Waals surface area (Å²) in [5.74, 6) is 0.807. The van der Waals surface area contributed by atoms with Crippen LogP contribution in [0, 0.1) is 5.92 Å². The molecule has 0 atom stereocenters. The van der Waals surface area contributed by atoms with Crippen LogP contribution in [-0.4, -0.2) is 39.8 Å². The van der Waals surface area contributed by atoms with E-state index in [1.165, 1.54) is 58.0 Å². The largest absolute Gasteiger partial charge is 0.306 e. The van der Waals surface area contributed by atoms with Crippen LogP contribution in [0.1, 0.15) is 44.9 Å². The summed E-state index contributed by atoms with van der Waals surface area (Å²) in [6, 6.07) is 0. The predicted octanol–water partition coefficient (Wildman–Crippen LogP) is 2.28. The van der Waals surface area contributed by atoms with Crippen molar-refractivity contribution >= 4 is 0 Å². The van der Waals surface area contributed by atoms with E-state index in [-0.39, 0.29) is 5.54 Å². The van der Waals surface area contributed by atoms with Gasteiger partial charge in [0.1, 0.15) is 12.7 Å². The lowest BCUT2D eigenvalue weighted by atomic mass is 9.70. The molecular weight excluding hydrogens is 224 g/mol. The Morgan fingerprint density at radius 1 is 1.11 bits per heavy atom. The molecule has 3 rings (SSSR count). The van der Waals surface area contributed by atoms with Gasteiger partial charge in [-0.25, -0.2) is 9.67 Å². The van der Waals surface area contributed by atoms with Crippen molar-refractivity contribution in [3.05, 3.63) is 12.7 Å². The van der Waals surface area contributed by atoms with E-state index < -0.39 is 0 Å². The van der Waals surface area contributed by atoms with E-state index >= 15 is 0 Å². The molecule has 1 aliphatic carbocycles. The summed E-state index contributed by atoms with van der Waals surface area (Å²) in [6.45, 7) is 2.38. The summed E-state index contributed by atoms with van der Waals surface area (Å²) in [5, 5.41) is 4.50. The number of hydrogen-bond acceptors (Lipinski definition) is 3. The van der Waals surface area contributed by atoms with Crippen molar-refractivity contribution in [1.29, 1.82) is 0 Å². The predicted molar refractivity (Wildman–Crippen MR) is 71.3 cm³/mol. The maximum absolute atomic E-state index is 4.50. The van der Waals surface area contributed by atoms with Crippen molar-refractivity contribution in [2.45, 2.75) is 50.5 Å². The standard InChI is InChI=1S/C14H24N4/c1-17-9-7-14(8-10-17,18-12-15-11-16-18)13-5-3-2-4-6-13/h11-13H,2-10H2,1H3. The molecule has 0 amide bonds. The van der Waals surface area contributed by atoms with Gasteiger partial charge in [0.2, 0.25) is 0 Å². The van der Waals surface area contributed by atoms with Gasteiger partial charge in [0, 0.05) is 13.1 Å². The summed E-state index contributed by atoms with van der Waals surface area (Å²) < 4.78 is 2.19. The molecule has 0 radical (unpaired) electrons. The van der Waals surface area contributed by atoms with E-state index in [1.54, 1.807) is 6.33 Å². The van der Waals surface area contributed by atoms with E-state index in [1.807, 2.05) is 6.33 Å². The van der Waals surface area contributed by atoms with Gasteiger partial charge in [-0.15, -0.1) is 0 Å². The molecule has 2 fully saturated rings. The van der Waals surface area contributed by atoms with Gasteiger partial charge in [-0.1, -0.05) is 19.3 Å². The SMILES string of the molecule is CN1CCC(C2CCCCC2)(n2cncn2)CC1. The normalized spacial score (nSPS) is 26.3. The van der Waals surface area contributed by atoms with E-state index in [2.05, 4.69) is 26.7 Å². The smallest absolute Gasteiger partial charge is 0.137 e. The summed E-state index contributed by atoms with van der Waals surface area (Å²) in [4.78, 5) is 6.64. The Kier molecular flexibility index (Phi) is 3.37. The van der Waals surface area contributed by atoms with Gasteiger partial charge in [0.05, 0.1) is 5.54 Å². The Hall–Kier alpha value is -0.900. The van der Waals surface area contributed by atoms with Gasteiger partial charge in [-0.05, 0) is 38.6 Å². The van der Waals surface area contributed by atoms with Crippen molar-refractivity contribution in [3.63, 3.8) is 0 Å². The highest BCUT2D eigenvalue weighted by Gasteiger charge is 2.43. The highest BCUT2D eigenvalue weighted by atomic mass is 15.4. The molecule has 1 saturated carbocycles. The first-order valence-electron chi connectivity index (χ1n) is 7.35. The van der Waals surface area contributed by atoms with Crippen LogP contribution in [0.15, 0.2) is 12.7 Å². The van der Waals surface area contributed by atoms with Crippen LogP contribution in [0.3, 0.4) is 0 Å². The molecule has 1 saturated heterocycles. The summed E-state index contributed by atoms with van der Waals surface area (Å²) in [7, 11) is 2.23. The monoisotopic (exact) mass is 248 g/mol. The molecule has 0 unspecified atom stereocenters. The molecule has 0 spiro atoms. The summed E-state index contributed by atoms with van der Waals surface area (Å²) in [5.41, 5.74) is 0.253. The topological polar surface area (TPSA) is 34.0 Å². The molecule has 18 heavy (non-hydrogen) atoms. The van der Waals surface area contributed by atoms with Crippen LogP contribution in [0.25, 0.3) is 0 Å². The molecule has 2 aliphatic rings. The molecule has 0 bridgehead atoms. The van der Waals surface area contributed by atoms with E-state index in [4.69, 9.17) is 0 Å². The number of hydrogen-bond donors (Lipinski definition) is 0. The van der Waals surface area contributed by atoms with Crippen LogP contribution in [0.2, 0.25) is 0 Å². The second-order valence-electron chi connectivity index (χ2n) is 6.08. The third kappa shape index (κ3) is 2.07. The summed E-state index contributed by atoms with van der Waals surface area (Å²) in [6.07, 6.45) is 13.1. The molecule has 2 heterocycles. The lowest BCUT2D eigenvalue weighted by Gasteiger charge is -2.47. The van der Waals surface area contributed by atoms with Crippen LogP contribution >= 0.6 is 0 Å². The van der Waals surface area contributed by atoms with Crippen molar-refractivity contribution < 1.29 is 0 Å². The Labute approximate surface area is 109 Å². The van der Waals surface area contributed by atoms with Crippen LogP contribution in [0.4, 0.5) is 0 Å². The highest BCUT2D eigenvalue weighted by Crippen LogP contribution is 2.43. The molecule has 0 aromatic carbocycles. The second kappa shape index (κ2) is 5.00. The van der Waals surface area contributed by atoms with Gasteiger partial charge in [-0.2, -0.15) is 5.10 Å². The minimum Gasteiger partial charge on any atom is -0.306 e. The third-order valence-corrected chi connectivity index (χ3v) is 5.09. The fourth-order valence-corrected chi connectivity index (χ4v) is 3.91. The van der Waals surface area contributed by atoms with Crippen LogP contribution < -0.4 is 0 Å². The molecule has 1 aromatic rings. The maximum atomic E-state index is 4.50. The van der Waals surface area contributed by atoms with Crippen molar-refractivity contribution in [3.8, 4) is 0 Å². The van der Waals surface area contributed by atoms with Crippen molar-refractivity contribution in [1.82, 2.24) is 19.7 Å². The Balaban J connectivity index is 1.87. The van der Waals surface area contributed by atoms with Gasteiger partial charge in [0.25, 0.3) is 0 Å². The average Bonchev–Trinajstić information content (AvgIpc) is 2.95. The second-order valence-corrected chi connectivity index (χ2v) is 6.08. The van der Waals surface area contributed by atoms with Crippen LogP contribution in [0.5, 0.6) is 0 Å². The number of nitrogens with zero attached hydrogens (tertiary/aromatic N) is 4. The minimum absolute atomic E-state index is 0.253. The van der Waals surface area contributed by atoms with Gasteiger partial charge in [-0.3, -0.25) is 0 Å². The number of aromatic nitrogens is 3. The highest BCUT2D eigenvalue weighted by molar-refractivity contribution is 4.96. The Morgan fingerprint density at radius 2 is 1.83 bits per heavy atom. The molecule has 1 aliphatic heterocycles. The molecule has 0 N–H and O–H groups in total. The number of rotatable bonds is 2. The molecular formula is C14H24N4. The van der Waals surface area contributed by atoms with Gasteiger partial charge >= 0.3 is 0 Å². The summed E-state index contributed by atoms with van der Waals surface area (Å²) >= 11 is 0. The van der Waals surface area contributed by atoms with Gasteiger partial charge < -0.3 is 4.90 Å². The zero-order valence-electron chi connectivity index (χ0n) is 11.4. The number of piperidine rings is 1. The first-order chi connectivity index (χ1) is 8.81. The van der Waals surface area contributed by atoms with Crippen molar-refractivity contribution in [2.24, 2.45) is 5.92 Å². The fourth-order valence-electron chi connectivity index (χ4n) is 3.91. The third-order valence-electron chi connectivity index (χ3n) is 5.09. The lowest BCUT2D eigenvalue weighted by molar-refractivity contribution is 0.0368. The minimum atomic E-state index is 0.253. The molecule has 100 valence electrons. The maximum Gasteiger partial charge on any atom is 0.137 e. The fraction of sp³-hybridized carbons (Fsp3) is 0.857. The van der Waals surface area contributed by atoms with Crippen LogP contribution in [-0.2, 0) is 5.54 Å². The van der Waals surface area contributed by atoms with Gasteiger partial charge in [0.15, 0.2) is 0 Å². The zero-order valence-corrected chi connectivity index (χ0v) is 11.4. The first-order valence-corrected chi connectivity index (χ1v) is 7.35. The van der Waals surface area contributed by atoms with E-state index in [9.17, 15) is 0 Å². The number of likely N-dealkylation sites (tertiary alicyclic amines) is 1. The zero-order chi connectivity index (χ0) is 12.4. The lowest BCUT2D eigenvalue weighted by Crippen LogP contribution is -2.50.